The molecule has 1 fully saturated rings. The Morgan fingerprint density at radius 1 is 1.15 bits per heavy atom. The van der Waals surface area contributed by atoms with Gasteiger partial charge >= 0.3 is 0 Å². The van der Waals surface area contributed by atoms with Crippen molar-refractivity contribution >= 4 is 23.2 Å². The maximum Gasteiger partial charge on any atom is 0.229 e. The number of rotatable bonds is 6. The summed E-state index contributed by atoms with van der Waals surface area (Å²) >= 11 is 0. The van der Waals surface area contributed by atoms with Gasteiger partial charge in [-0.05, 0) is 36.2 Å². The number of nitrogens with one attached hydrogen (secondary N) is 1. The highest BCUT2D eigenvalue weighted by Crippen LogP contribution is 2.31. The van der Waals surface area contributed by atoms with Crippen molar-refractivity contribution in [3.63, 3.8) is 0 Å². The number of benzene rings is 2. The lowest BCUT2D eigenvalue weighted by atomic mass is 10.1. The minimum atomic E-state index is -0.407. The van der Waals surface area contributed by atoms with E-state index in [0.29, 0.717) is 23.7 Å². The topological polar surface area (TPSA) is 67.9 Å². The fraction of sp³-hybridized carbons (Fsp3) is 0.333. The van der Waals surface area contributed by atoms with E-state index in [9.17, 15) is 9.59 Å². The van der Waals surface area contributed by atoms with Crippen LogP contribution >= 0.6 is 0 Å². The minimum Gasteiger partial charge on any atom is -0.497 e. The monoisotopic (exact) mass is 368 g/mol. The number of hydrogen-bond acceptors (Lipinski definition) is 4. The van der Waals surface area contributed by atoms with E-state index in [1.54, 1.807) is 30.2 Å². The Labute approximate surface area is 159 Å². The highest BCUT2D eigenvalue weighted by atomic mass is 16.5. The number of aryl methyl sites for hydroxylation is 1. The second kappa shape index (κ2) is 8.12. The van der Waals surface area contributed by atoms with Crippen LogP contribution in [0.3, 0.4) is 0 Å². The molecule has 3 rings (SSSR count). The molecule has 1 heterocycles. The van der Waals surface area contributed by atoms with Crippen molar-refractivity contribution < 1.29 is 19.1 Å². The molecule has 1 N–H and O–H groups in total. The number of ether oxygens (including phenoxy) is 2. The number of hydrogen-bond donors (Lipinski definition) is 1. The van der Waals surface area contributed by atoms with Gasteiger partial charge in [-0.15, -0.1) is 0 Å². The molecule has 0 bridgehead atoms. The van der Waals surface area contributed by atoms with Crippen LogP contribution in [0.25, 0.3) is 0 Å². The van der Waals surface area contributed by atoms with Crippen molar-refractivity contribution in [3.05, 3.63) is 48.0 Å². The molecule has 6 nitrogen and oxygen atoms in total. The van der Waals surface area contributed by atoms with Gasteiger partial charge in [0.05, 0.1) is 25.8 Å². The maximum atomic E-state index is 12.7. The molecule has 0 radical (unpaired) electrons. The molecule has 0 aromatic heterocycles. The Morgan fingerprint density at radius 2 is 1.89 bits per heavy atom. The van der Waals surface area contributed by atoms with E-state index >= 15 is 0 Å². The fourth-order valence-corrected chi connectivity index (χ4v) is 3.18. The Balaban J connectivity index is 1.70. The van der Waals surface area contributed by atoms with E-state index < -0.39 is 5.92 Å². The molecule has 27 heavy (non-hydrogen) atoms. The Morgan fingerprint density at radius 3 is 2.52 bits per heavy atom. The molecule has 142 valence electrons. The summed E-state index contributed by atoms with van der Waals surface area (Å²) in [6.45, 7) is 2.46. The van der Waals surface area contributed by atoms with Crippen LogP contribution in [0, 0.1) is 5.92 Å². The lowest BCUT2D eigenvalue weighted by molar-refractivity contribution is -0.122. The number of amides is 2. The van der Waals surface area contributed by atoms with Gasteiger partial charge in [-0.1, -0.05) is 19.1 Å². The van der Waals surface area contributed by atoms with E-state index in [1.165, 1.54) is 12.7 Å². The number of carbonyl (C=O) groups is 2. The molecule has 1 aliphatic heterocycles. The molecule has 6 heteroatoms. The lowest BCUT2D eigenvalue weighted by Crippen LogP contribution is -2.28. The van der Waals surface area contributed by atoms with E-state index in [4.69, 9.17) is 9.47 Å². The average molecular weight is 368 g/mol. The SMILES string of the molecule is CCc1ccc(N2C[C@H](C(=O)Nc3ccc(OC)cc3OC)CC2=O)cc1. The fourth-order valence-electron chi connectivity index (χ4n) is 3.18. The average Bonchev–Trinajstić information content (AvgIpc) is 3.10. The molecule has 1 aliphatic rings. The summed E-state index contributed by atoms with van der Waals surface area (Å²) in [4.78, 5) is 26.8. The van der Waals surface area contributed by atoms with Gasteiger partial charge in [0.2, 0.25) is 11.8 Å². The van der Waals surface area contributed by atoms with Crippen molar-refractivity contribution in [2.75, 3.05) is 31.0 Å². The Bertz CT molecular complexity index is 833. The Kier molecular flexibility index (Phi) is 5.64. The molecule has 0 spiro atoms. The lowest BCUT2D eigenvalue weighted by Gasteiger charge is -2.17. The highest BCUT2D eigenvalue weighted by molar-refractivity contribution is 6.04. The van der Waals surface area contributed by atoms with E-state index in [1.807, 2.05) is 24.3 Å². The first-order valence-electron chi connectivity index (χ1n) is 8.98. The van der Waals surface area contributed by atoms with Crippen LogP contribution in [0.2, 0.25) is 0 Å². The van der Waals surface area contributed by atoms with Crippen LogP contribution < -0.4 is 19.7 Å². The zero-order valence-electron chi connectivity index (χ0n) is 15.8. The summed E-state index contributed by atoms with van der Waals surface area (Å²) in [5, 5.41) is 2.87. The standard InChI is InChI=1S/C21H24N2O4/c1-4-14-5-7-16(8-6-14)23-13-15(11-20(23)24)21(25)22-18-10-9-17(26-2)12-19(18)27-3/h5-10,12,15H,4,11,13H2,1-3H3,(H,22,25)/t15-/m1/s1. The van der Waals surface area contributed by atoms with Gasteiger partial charge < -0.3 is 19.7 Å². The first kappa shape index (κ1) is 18.8. The molecule has 2 amide bonds. The van der Waals surface area contributed by atoms with E-state index in [2.05, 4.69) is 12.2 Å². The van der Waals surface area contributed by atoms with Gasteiger partial charge in [-0.2, -0.15) is 0 Å². The quantitative estimate of drug-likeness (QED) is 0.850. The molecule has 0 saturated carbocycles. The zero-order valence-corrected chi connectivity index (χ0v) is 15.8. The first-order chi connectivity index (χ1) is 13.0. The minimum absolute atomic E-state index is 0.0407. The molecular formula is C21H24N2O4. The third-order valence-corrected chi connectivity index (χ3v) is 4.82. The van der Waals surface area contributed by atoms with Gasteiger partial charge in [-0.25, -0.2) is 0 Å². The predicted octanol–water partition coefficient (Wildman–Crippen LogP) is 3.26. The summed E-state index contributed by atoms with van der Waals surface area (Å²) in [7, 11) is 3.10. The summed E-state index contributed by atoms with van der Waals surface area (Å²) in [6, 6.07) is 13.1. The smallest absolute Gasteiger partial charge is 0.229 e. The number of methoxy groups -OCH3 is 2. The van der Waals surface area contributed by atoms with Crippen molar-refractivity contribution in [3.8, 4) is 11.5 Å². The Hall–Kier alpha value is -3.02. The third-order valence-electron chi connectivity index (χ3n) is 4.82. The number of anilines is 2. The van der Waals surface area contributed by atoms with Gasteiger partial charge in [0.15, 0.2) is 0 Å². The largest absolute Gasteiger partial charge is 0.497 e. The van der Waals surface area contributed by atoms with Crippen molar-refractivity contribution in [2.24, 2.45) is 5.92 Å². The van der Waals surface area contributed by atoms with Crippen LogP contribution in [-0.2, 0) is 16.0 Å². The van der Waals surface area contributed by atoms with Crippen molar-refractivity contribution in [2.45, 2.75) is 19.8 Å². The summed E-state index contributed by atoms with van der Waals surface area (Å²) in [6.07, 6.45) is 1.14. The van der Waals surface area contributed by atoms with E-state index in [-0.39, 0.29) is 18.2 Å². The van der Waals surface area contributed by atoms with Crippen LogP contribution in [0.1, 0.15) is 18.9 Å². The maximum absolute atomic E-state index is 12.7. The number of carbonyl (C=O) groups excluding carboxylic acids is 2. The first-order valence-corrected chi connectivity index (χ1v) is 8.98. The second-order valence-electron chi connectivity index (χ2n) is 6.48. The zero-order chi connectivity index (χ0) is 19.4. The molecule has 2 aromatic carbocycles. The third kappa shape index (κ3) is 4.05. The van der Waals surface area contributed by atoms with Crippen LogP contribution in [0.4, 0.5) is 11.4 Å². The molecule has 1 atom stereocenters. The summed E-state index contributed by atoms with van der Waals surface area (Å²) < 4.78 is 10.5. The van der Waals surface area contributed by atoms with Crippen LogP contribution in [0.15, 0.2) is 42.5 Å². The predicted molar refractivity (Wildman–Crippen MR) is 104 cm³/mol. The highest BCUT2D eigenvalue weighted by Gasteiger charge is 2.35. The van der Waals surface area contributed by atoms with E-state index in [0.717, 1.165) is 12.1 Å². The summed E-state index contributed by atoms with van der Waals surface area (Å²) in [5.74, 6) is 0.511. The van der Waals surface area contributed by atoms with Gasteiger partial charge in [0.25, 0.3) is 0 Å². The normalized spacial score (nSPS) is 16.3. The van der Waals surface area contributed by atoms with Crippen LogP contribution in [0.5, 0.6) is 11.5 Å². The van der Waals surface area contributed by atoms with Gasteiger partial charge in [0, 0.05) is 24.7 Å². The van der Waals surface area contributed by atoms with Crippen molar-refractivity contribution in [1.82, 2.24) is 0 Å². The van der Waals surface area contributed by atoms with Gasteiger partial charge in [-0.3, -0.25) is 9.59 Å². The number of nitrogens with zero attached hydrogens (tertiary/aromatic N) is 1. The molecular weight excluding hydrogens is 344 g/mol. The summed E-state index contributed by atoms with van der Waals surface area (Å²) in [5.41, 5.74) is 2.60. The molecule has 0 aliphatic carbocycles. The van der Waals surface area contributed by atoms with Gasteiger partial charge in [0.1, 0.15) is 11.5 Å². The molecule has 2 aromatic rings. The van der Waals surface area contributed by atoms with Crippen LogP contribution in [-0.4, -0.2) is 32.6 Å². The molecule has 1 saturated heterocycles. The van der Waals surface area contributed by atoms with Crippen molar-refractivity contribution in [1.29, 1.82) is 0 Å². The molecule has 0 unspecified atom stereocenters. The second-order valence-corrected chi connectivity index (χ2v) is 6.48.